The maximum atomic E-state index is 13.9. The number of hydrogen-bond acceptors (Lipinski definition) is 7. The van der Waals surface area contributed by atoms with Crippen LogP contribution in [0.2, 0.25) is 5.02 Å². The van der Waals surface area contributed by atoms with Gasteiger partial charge in [-0.2, -0.15) is 13.2 Å². The molecule has 12 heteroatoms. The van der Waals surface area contributed by atoms with Crippen LogP contribution in [0, 0.1) is 5.41 Å². The number of nitrogens with one attached hydrogen (secondary N) is 2. The van der Waals surface area contributed by atoms with Gasteiger partial charge in [0, 0.05) is 36.8 Å². The zero-order valence-electron chi connectivity index (χ0n) is 24.6. The van der Waals surface area contributed by atoms with Gasteiger partial charge in [-0.25, -0.2) is 9.97 Å². The van der Waals surface area contributed by atoms with Crippen molar-refractivity contribution >= 4 is 23.2 Å². The Hall–Kier alpha value is -3.57. The number of anilines is 1. The Kier molecular flexibility index (Phi) is 8.36. The SMILES string of the molecule is CCOc1ncccc1-c1ccc(OC2CC3(C2)CN(c2cccc(Cl)c2C(F)(F)F)C3CC)c(C(=O)NC2CCNC2)n1. The molecule has 8 nitrogen and oxygen atoms in total. The average molecular weight is 630 g/mol. The lowest BCUT2D eigenvalue weighted by Gasteiger charge is -2.65. The Bertz CT molecular complexity index is 1530. The maximum absolute atomic E-state index is 13.9. The van der Waals surface area contributed by atoms with E-state index in [1.807, 2.05) is 24.8 Å². The summed E-state index contributed by atoms with van der Waals surface area (Å²) in [5.41, 5.74) is 0.544. The fraction of sp³-hybridized carbons (Fsp3) is 0.469. The number of benzene rings is 1. The molecule has 0 bridgehead atoms. The number of nitrogens with zero attached hydrogens (tertiary/aromatic N) is 3. The van der Waals surface area contributed by atoms with E-state index in [1.165, 1.54) is 12.1 Å². The molecule has 1 aliphatic carbocycles. The Labute approximate surface area is 259 Å². The zero-order valence-corrected chi connectivity index (χ0v) is 25.3. The molecule has 2 aliphatic heterocycles. The first-order valence-corrected chi connectivity index (χ1v) is 15.4. The van der Waals surface area contributed by atoms with Crippen LogP contribution in [0.3, 0.4) is 0 Å². The number of amides is 1. The zero-order chi connectivity index (χ0) is 31.1. The van der Waals surface area contributed by atoms with Crippen LogP contribution in [-0.2, 0) is 6.18 Å². The molecule has 234 valence electrons. The molecule has 2 N–H and O–H groups in total. The lowest BCUT2D eigenvalue weighted by Crippen LogP contribution is -2.71. The molecule has 1 amide bonds. The summed E-state index contributed by atoms with van der Waals surface area (Å²) in [6.07, 6.45) is -0.278. The molecule has 2 aromatic heterocycles. The molecule has 1 spiro atoms. The molecule has 4 heterocycles. The third kappa shape index (κ3) is 5.67. The summed E-state index contributed by atoms with van der Waals surface area (Å²) >= 11 is 6.01. The van der Waals surface area contributed by atoms with Crippen molar-refractivity contribution in [3.8, 4) is 22.9 Å². The number of carbonyl (C=O) groups is 1. The molecule has 2 unspecified atom stereocenters. The van der Waals surface area contributed by atoms with Gasteiger partial charge in [-0.05, 0) is 75.5 Å². The van der Waals surface area contributed by atoms with Gasteiger partial charge in [0.05, 0.1) is 34.1 Å². The van der Waals surface area contributed by atoms with E-state index < -0.39 is 11.7 Å². The number of hydrogen-bond donors (Lipinski definition) is 2. The van der Waals surface area contributed by atoms with E-state index >= 15 is 0 Å². The fourth-order valence-electron chi connectivity index (χ4n) is 6.95. The van der Waals surface area contributed by atoms with Crippen LogP contribution in [0.15, 0.2) is 48.7 Å². The van der Waals surface area contributed by atoms with Gasteiger partial charge in [-0.15, -0.1) is 0 Å². The summed E-state index contributed by atoms with van der Waals surface area (Å²) in [6.45, 7) is 6.28. The van der Waals surface area contributed by atoms with E-state index in [-0.39, 0.29) is 45.9 Å². The van der Waals surface area contributed by atoms with Crippen LogP contribution in [0.1, 0.15) is 55.6 Å². The summed E-state index contributed by atoms with van der Waals surface area (Å²) < 4.78 is 53.8. The Morgan fingerprint density at radius 3 is 2.70 bits per heavy atom. The molecular formula is C32H35ClF3N5O3. The molecule has 3 aliphatic rings. The first-order valence-electron chi connectivity index (χ1n) is 15.0. The minimum Gasteiger partial charge on any atom is -0.488 e. The third-order valence-electron chi connectivity index (χ3n) is 8.90. The largest absolute Gasteiger partial charge is 0.488 e. The molecule has 2 atom stereocenters. The minimum atomic E-state index is -4.55. The van der Waals surface area contributed by atoms with Crippen LogP contribution < -0.4 is 25.0 Å². The van der Waals surface area contributed by atoms with Crippen molar-refractivity contribution in [2.24, 2.45) is 5.41 Å². The second kappa shape index (κ2) is 12.1. The van der Waals surface area contributed by atoms with Crippen molar-refractivity contribution in [2.45, 2.75) is 63.9 Å². The molecular weight excluding hydrogens is 595 g/mol. The van der Waals surface area contributed by atoms with Crippen LogP contribution in [0.5, 0.6) is 11.6 Å². The van der Waals surface area contributed by atoms with Gasteiger partial charge in [-0.1, -0.05) is 24.6 Å². The number of alkyl halides is 3. The highest BCUT2D eigenvalue weighted by Gasteiger charge is 2.60. The highest BCUT2D eigenvalue weighted by atomic mass is 35.5. The smallest absolute Gasteiger partial charge is 0.419 e. The number of ether oxygens (including phenoxy) is 2. The van der Waals surface area contributed by atoms with Crippen molar-refractivity contribution in [3.05, 3.63) is 64.9 Å². The molecule has 1 saturated carbocycles. The van der Waals surface area contributed by atoms with Gasteiger partial charge >= 0.3 is 6.18 Å². The molecule has 1 aromatic carbocycles. The standard InChI is InChI=1S/C32H35ClF3N5O3/c1-3-26-31(18-41(26)24-9-5-8-22(33)27(24)32(34,35)36)15-20(16-31)44-25-11-10-23(21-7-6-13-38-30(21)43-4-2)40-28(25)29(42)39-19-12-14-37-17-19/h5-11,13,19-20,26,37H,3-4,12,14-18H2,1-2H3,(H,39,42). The van der Waals surface area contributed by atoms with Crippen LogP contribution >= 0.6 is 11.6 Å². The van der Waals surface area contributed by atoms with E-state index in [9.17, 15) is 18.0 Å². The summed E-state index contributed by atoms with van der Waals surface area (Å²) in [6, 6.07) is 11.4. The van der Waals surface area contributed by atoms with Crippen molar-refractivity contribution in [2.75, 3.05) is 31.1 Å². The number of pyridine rings is 2. The van der Waals surface area contributed by atoms with E-state index in [0.29, 0.717) is 61.8 Å². The summed E-state index contributed by atoms with van der Waals surface area (Å²) in [5, 5.41) is 6.02. The van der Waals surface area contributed by atoms with E-state index in [1.54, 1.807) is 30.5 Å². The third-order valence-corrected chi connectivity index (χ3v) is 9.21. The molecule has 3 aromatic rings. The lowest BCUT2D eigenvalue weighted by molar-refractivity contribution is -0.137. The Morgan fingerprint density at radius 2 is 2.00 bits per heavy atom. The van der Waals surface area contributed by atoms with E-state index in [4.69, 9.17) is 26.1 Å². The first kappa shape index (κ1) is 30.5. The lowest BCUT2D eigenvalue weighted by atomic mass is 9.55. The maximum Gasteiger partial charge on any atom is 0.419 e. The highest BCUT2D eigenvalue weighted by Crippen LogP contribution is 2.58. The van der Waals surface area contributed by atoms with Gasteiger partial charge in [0.2, 0.25) is 5.88 Å². The highest BCUT2D eigenvalue weighted by molar-refractivity contribution is 6.31. The van der Waals surface area contributed by atoms with E-state index in [2.05, 4.69) is 15.6 Å². The van der Waals surface area contributed by atoms with E-state index in [0.717, 1.165) is 13.0 Å². The topological polar surface area (TPSA) is 88.6 Å². The summed E-state index contributed by atoms with van der Waals surface area (Å²) in [4.78, 5) is 24.4. The van der Waals surface area contributed by atoms with Crippen LogP contribution in [-0.4, -0.2) is 60.3 Å². The van der Waals surface area contributed by atoms with Crippen LogP contribution in [0.4, 0.5) is 18.9 Å². The number of aromatic nitrogens is 2. The molecule has 2 saturated heterocycles. The van der Waals surface area contributed by atoms with Crippen molar-refractivity contribution in [1.82, 2.24) is 20.6 Å². The van der Waals surface area contributed by atoms with Gasteiger partial charge in [-0.3, -0.25) is 4.79 Å². The van der Waals surface area contributed by atoms with Crippen molar-refractivity contribution in [1.29, 1.82) is 0 Å². The first-order chi connectivity index (χ1) is 21.1. The number of halogens is 4. The average Bonchev–Trinajstić information content (AvgIpc) is 3.47. The monoisotopic (exact) mass is 629 g/mol. The van der Waals surface area contributed by atoms with Crippen molar-refractivity contribution < 1.29 is 27.4 Å². The molecule has 0 radical (unpaired) electrons. The number of rotatable bonds is 9. The van der Waals surface area contributed by atoms with Crippen LogP contribution in [0.25, 0.3) is 11.3 Å². The molecule has 3 fully saturated rings. The van der Waals surface area contributed by atoms with Gasteiger partial charge in [0.1, 0.15) is 6.10 Å². The minimum absolute atomic E-state index is 0.00972. The summed E-state index contributed by atoms with van der Waals surface area (Å²) in [7, 11) is 0. The van der Waals surface area contributed by atoms with Crippen molar-refractivity contribution in [3.63, 3.8) is 0 Å². The van der Waals surface area contributed by atoms with Gasteiger partial charge in [0.25, 0.3) is 5.91 Å². The Morgan fingerprint density at radius 1 is 1.18 bits per heavy atom. The predicted molar refractivity (Wildman–Crippen MR) is 161 cm³/mol. The fourth-order valence-corrected chi connectivity index (χ4v) is 7.22. The quantitative estimate of drug-likeness (QED) is 0.294. The molecule has 44 heavy (non-hydrogen) atoms. The van der Waals surface area contributed by atoms with Gasteiger partial charge < -0.3 is 25.0 Å². The van der Waals surface area contributed by atoms with Gasteiger partial charge in [0.15, 0.2) is 11.4 Å². The Balaban J connectivity index is 1.22. The predicted octanol–water partition coefficient (Wildman–Crippen LogP) is 6.13. The number of carbonyl (C=O) groups excluding carboxylic acids is 1. The second-order valence-corrected chi connectivity index (χ2v) is 12.1. The second-order valence-electron chi connectivity index (χ2n) is 11.7. The molecule has 6 rings (SSSR count). The normalized spacial score (nSPS) is 24.5. The summed E-state index contributed by atoms with van der Waals surface area (Å²) in [5.74, 6) is 0.475.